The minimum Gasteiger partial charge on any atom is -0.336 e. The summed E-state index contributed by atoms with van der Waals surface area (Å²) in [5.74, 6) is 0. The van der Waals surface area contributed by atoms with E-state index >= 15 is 0 Å². The van der Waals surface area contributed by atoms with Gasteiger partial charge in [-0.2, -0.15) is 0 Å². The Labute approximate surface area is 191 Å². The smallest absolute Gasteiger partial charge is 0.0549 e. The molecule has 160 valence electrons. The van der Waals surface area contributed by atoms with Crippen molar-refractivity contribution in [3.63, 3.8) is 0 Å². The first-order valence-corrected chi connectivity index (χ1v) is 11.7. The third-order valence-corrected chi connectivity index (χ3v) is 6.49. The molecule has 0 radical (unpaired) electrons. The van der Waals surface area contributed by atoms with E-state index in [9.17, 15) is 0 Å². The van der Waals surface area contributed by atoms with Crippen LogP contribution in [0.4, 0.5) is 22.7 Å². The number of para-hydroxylation sites is 4. The Bertz CT molecular complexity index is 911. The molecule has 4 aromatic carbocycles. The fourth-order valence-corrected chi connectivity index (χ4v) is 5.11. The van der Waals surface area contributed by atoms with E-state index < -0.39 is 0 Å². The summed E-state index contributed by atoms with van der Waals surface area (Å²) in [6.07, 6.45) is 4.86. The molecule has 0 bridgehead atoms. The van der Waals surface area contributed by atoms with Crippen LogP contribution in [-0.4, -0.2) is 12.1 Å². The van der Waals surface area contributed by atoms with Crippen molar-refractivity contribution in [3.05, 3.63) is 121 Å². The van der Waals surface area contributed by atoms with E-state index in [1.54, 1.807) is 0 Å². The lowest BCUT2D eigenvalue weighted by Crippen LogP contribution is -2.51. The largest absolute Gasteiger partial charge is 0.336 e. The number of hydrogen-bond donors (Lipinski definition) is 0. The van der Waals surface area contributed by atoms with Crippen LogP contribution in [0, 0.1) is 0 Å². The first-order valence-electron chi connectivity index (χ1n) is 11.7. The summed E-state index contributed by atoms with van der Waals surface area (Å²) in [6.45, 7) is 0. The molecule has 1 fully saturated rings. The molecular formula is C30H30N2. The summed E-state index contributed by atoms with van der Waals surface area (Å²) in [5, 5.41) is 0. The zero-order valence-corrected chi connectivity index (χ0v) is 18.4. The van der Waals surface area contributed by atoms with E-state index in [-0.39, 0.29) is 0 Å². The monoisotopic (exact) mass is 418 g/mol. The van der Waals surface area contributed by atoms with Gasteiger partial charge in [0.2, 0.25) is 0 Å². The van der Waals surface area contributed by atoms with Crippen LogP contribution in [0.1, 0.15) is 25.7 Å². The Morgan fingerprint density at radius 3 is 0.875 bits per heavy atom. The molecule has 32 heavy (non-hydrogen) atoms. The highest BCUT2D eigenvalue weighted by Crippen LogP contribution is 2.40. The van der Waals surface area contributed by atoms with Crippen molar-refractivity contribution in [1.82, 2.24) is 0 Å². The van der Waals surface area contributed by atoms with E-state index in [0.29, 0.717) is 12.1 Å². The predicted octanol–water partition coefficient (Wildman–Crippen LogP) is 7.97. The van der Waals surface area contributed by atoms with E-state index in [1.165, 1.54) is 48.4 Å². The zero-order chi connectivity index (χ0) is 21.6. The van der Waals surface area contributed by atoms with Crippen molar-refractivity contribution in [1.29, 1.82) is 0 Å². The quantitative estimate of drug-likeness (QED) is 0.313. The molecule has 0 N–H and O–H groups in total. The van der Waals surface area contributed by atoms with Gasteiger partial charge in [-0.15, -0.1) is 0 Å². The molecule has 2 atom stereocenters. The molecule has 0 aliphatic heterocycles. The zero-order valence-electron chi connectivity index (χ0n) is 18.4. The van der Waals surface area contributed by atoms with Crippen LogP contribution in [-0.2, 0) is 0 Å². The van der Waals surface area contributed by atoms with E-state index in [1.807, 2.05) is 0 Å². The van der Waals surface area contributed by atoms with Gasteiger partial charge in [0.25, 0.3) is 0 Å². The maximum atomic E-state index is 2.57. The summed E-state index contributed by atoms with van der Waals surface area (Å²) in [5.41, 5.74) is 5.04. The van der Waals surface area contributed by atoms with Gasteiger partial charge in [0, 0.05) is 22.7 Å². The molecule has 0 amide bonds. The first kappa shape index (κ1) is 20.4. The van der Waals surface area contributed by atoms with Gasteiger partial charge in [0.05, 0.1) is 12.1 Å². The molecule has 1 aliphatic carbocycles. The van der Waals surface area contributed by atoms with Gasteiger partial charge in [-0.1, -0.05) is 85.6 Å². The van der Waals surface area contributed by atoms with Gasteiger partial charge < -0.3 is 9.80 Å². The minimum absolute atomic E-state index is 0.369. The highest BCUT2D eigenvalue weighted by Gasteiger charge is 2.36. The molecule has 1 saturated carbocycles. The average molecular weight is 419 g/mol. The Kier molecular flexibility index (Phi) is 6.20. The summed E-state index contributed by atoms with van der Waals surface area (Å²) in [6, 6.07) is 44.3. The maximum absolute atomic E-state index is 2.57. The number of benzene rings is 4. The molecule has 5 rings (SSSR count). The van der Waals surface area contributed by atoms with Crippen LogP contribution in [0.5, 0.6) is 0 Å². The molecule has 0 saturated heterocycles. The van der Waals surface area contributed by atoms with Gasteiger partial charge in [-0.25, -0.2) is 0 Å². The SMILES string of the molecule is c1ccc(N(c2ccccc2)C2CCCCC2N(c2ccccc2)c2ccccc2)cc1. The maximum Gasteiger partial charge on any atom is 0.0549 e. The summed E-state index contributed by atoms with van der Waals surface area (Å²) < 4.78 is 0. The Morgan fingerprint density at radius 2 is 0.625 bits per heavy atom. The van der Waals surface area contributed by atoms with Crippen molar-refractivity contribution in [2.75, 3.05) is 9.80 Å². The second-order valence-electron chi connectivity index (χ2n) is 8.50. The molecule has 2 heteroatoms. The summed E-state index contributed by atoms with van der Waals surface area (Å²) in [4.78, 5) is 5.14. The highest BCUT2D eigenvalue weighted by atomic mass is 15.3. The molecular weight excluding hydrogens is 388 g/mol. The van der Waals surface area contributed by atoms with E-state index in [0.717, 1.165) is 0 Å². The number of hydrogen-bond acceptors (Lipinski definition) is 2. The van der Waals surface area contributed by atoms with E-state index in [2.05, 4.69) is 131 Å². The third kappa shape index (κ3) is 4.27. The second-order valence-corrected chi connectivity index (χ2v) is 8.50. The topological polar surface area (TPSA) is 6.48 Å². The molecule has 0 spiro atoms. The lowest BCUT2D eigenvalue weighted by molar-refractivity contribution is 0.377. The molecule has 0 heterocycles. The lowest BCUT2D eigenvalue weighted by Gasteiger charge is -2.47. The highest BCUT2D eigenvalue weighted by molar-refractivity contribution is 5.68. The van der Waals surface area contributed by atoms with Crippen LogP contribution >= 0.6 is 0 Å². The lowest BCUT2D eigenvalue weighted by atomic mass is 9.86. The van der Waals surface area contributed by atoms with Crippen molar-refractivity contribution >= 4 is 22.7 Å². The van der Waals surface area contributed by atoms with Crippen molar-refractivity contribution in [2.45, 2.75) is 37.8 Å². The number of anilines is 4. The Morgan fingerprint density at radius 1 is 0.375 bits per heavy atom. The molecule has 1 aliphatic rings. The standard InChI is InChI=1S/C30H30N2/c1-5-15-25(16-6-1)31(26-17-7-2-8-18-26)29-23-13-14-24-30(29)32(27-19-9-3-10-20-27)28-21-11-4-12-22-28/h1-12,15-22,29-30H,13-14,23-24H2. The minimum atomic E-state index is 0.369. The van der Waals surface area contributed by atoms with Gasteiger partial charge >= 0.3 is 0 Å². The molecule has 2 nitrogen and oxygen atoms in total. The summed E-state index contributed by atoms with van der Waals surface area (Å²) >= 11 is 0. The average Bonchev–Trinajstić information content (AvgIpc) is 2.88. The third-order valence-electron chi connectivity index (χ3n) is 6.49. The first-order chi connectivity index (χ1) is 15.9. The normalized spacial score (nSPS) is 18.1. The van der Waals surface area contributed by atoms with Crippen molar-refractivity contribution in [2.24, 2.45) is 0 Å². The van der Waals surface area contributed by atoms with Crippen LogP contribution in [0.2, 0.25) is 0 Å². The van der Waals surface area contributed by atoms with Gasteiger partial charge in [-0.05, 0) is 61.4 Å². The predicted molar refractivity (Wildman–Crippen MR) is 136 cm³/mol. The van der Waals surface area contributed by atoms with Gasteiger partial charge in [0.15, 0.2) is 0 Å². The Hall–Kier alpha value is -3.52. The fraction of sp³-hybridized carbons (Fsp3) is 0.200. The van der Waals surface area contributed by atoms with Crippen LogP contribution in [0.25, 0.3) is 0 Å². The fourth-order valence-electron chi connectivity index (χ4n) is 5.11. The molecule has 0 aromatic heterocycles. The van der Waals surface area contributed by atoms with Crippen LogP contribution in [0.3, 0.4) is 0 Å². The van der Waals surface area contributed by atoms with Crippen LogP contribution < -0.4 is 9.80 Å². The van der Waals surface area contributed by atoms with Gasteiger partial charge in [-0.3, -0.25) is 0 Å². The van der Waals surface area contributed by atoms with Crippen LogP contribution in [0.15, 0.2) is 121 Å². The molecule has 2 unspecified atom stereocenters. The van der Waals surface area contributed by atoms with E-state index in [4.69, 9.17) is 0 Å². The summed E-state index contributed by atoms with van der Waals surface area (Å²) in [7, 11) is 0. The molecule has 4 aromatic rings. The number of nitrogens with zero attached hydrogens (tertiary/aromatic N) is 2. The van der Waals surface area contributed by atoms with Gasteiger partial charge in [0.1, 0.15) is 0 Å². The van der Waals surface area contributed by atoms with Crippen molar-refractivity contribution < 1.29 is 0 Å². The second kappa shape index (κ2) is 9.74. The Balaban J connectivity index is 1.62. The van der Waals surface area contributed by atoms with Crippen molar-refractivity contribution in [3.8, 4) is 0 Å². The number of rotatable bonds is 6.